The highest BCUT2D eigenvalue weighted by Gasteiger charge is 2.45. The average molecular weight is 263 g/mol. The molecule has 4 unspecified atom stereocenters. The molecule has 2 rings (SSSR count). The van der Waals surface area contributed by atoms with Gasteiger partial charge in [-0.05, 0) is 56.3 Å². The number of allylic oxidation sites excluding steroid dienone is 2. The Morgan fingerprint density at radius 2 is 2.16 bits per heavy atom. The first-order valence-electron chi connectivity index (χ1n) is 7.94. The number of hydrogen-bond acceptors (Lipinski definition) is 1. The van der Waals surface area contributed by atoms with Crippen molar-refractivity contribution in [2.75, 3.05) is 13.1 Å². The highest BCUT2D eigenvalue weighted by molar-refractivity contribution is 5.73. The second-order valence-corrected chi connectivity index (χ2v) is 6.76. The first-order valence-corrected chi connectivity index (χ1v) is 7.94. The number of nitrogens with zero attached hydrogens (tertiary/aromatic N) is 1. The van der Waals surface area contributed by atoms with E-state index in [-0.39, 0.29) is 5.91 Å². The fourth-order valence-electron chi connectivity index (χ4n) is 3.84. The van der Waals surface area contributed by atoms with Crippen LogP contribution in [0, 0.1) is 23.7 Å². The van der Waals surface area contributed by atoms with E-state index in [1.807, 2.05) is 0 Å². The largest absolute Gasteiger partial charge is 0.343 e. The van der Waals surface area contributed by atoms with Gasteiger partial charge in [0.25, 0.3) is 0 Å². The first-order chi connectivity index (χ1) is 9.02. The van der Waals surface area contributed by atoms with Crippen LogP contribution in [0.4, 0.5) is 0 Å². The summed E-state index contributed by atoms with van der Waals surface area (Å²) in [6.07, 6.45) is 7.39. The molecule has 1 saturated carbocycles. The predicted molar refractivity (Wildman–Crippen MR) is 79.8 cm³/mol. The molecule has 0 aromatic carbocycles. The van der Waals surface area contributed by atoms with Gasteiger partial charge in [0.05, 0.1) is 0 Å². The van der Waals surface area contributed by atoms with Crippen LogP contribution in [0.25, 0.3) is 0 Å². The maximum absolute atomic E-state index is 11.6. The summed E-state index contributed by atoms with van der Waals surface area (Å²) in [4.78, 5) is 13.7. The maximum atomic E-state index is 11.6. The zero-order valence-corrected chi connectivity index (χ0v) is 13.0. The summed E-state index contributed by atoms with van der Waals surface area (Å²) < 4.78 is 0. The quantitative estimate of drug-likeness (QED) is 0.689. The van der Waals surface area contributed by atoms with Gasteiger partial charge in [-0.1, -0.05) is 25.5 Å². The van der Waals surface area contributed by atoms with Crippen LogP contribution in [-0.4, -0.2) is 23.9 Å². The predicted octanol–water partition coefficient (Wildman–Crippen LogP) is 3.87. The summed E-state index contributed by atoms with van der Waals surface area (Å²) in [5, 5.41) is 0. The van der Waals surface area contributed by atoms with E-state index >= 15 is 0 Å². The fraction of sp³-hybridized carbons (Fsp3) is 0.824. The lowest BCUT2D eigenvalue weighted by Crippen LogP contribution is -2.32. The number of hydrogen-bond donors (Lipinski definition) is 0. The maximum Gasteiger partial charge on any atom is 0.219 e. The Balaban J connectivity index is 1.85. The van der Waals surface area contributed by atoms with Crippen molar-refractivity contribution in [2.24, 2.45) is 23.7 Å². The van der Waals surface area contributed by atoms with Crippen molar-refractivity contribution in [3.05, 3.63) is 11.6 Å². The molecule has 108 valence electrons. The van der Waals surface area contributed by atoms with Gasteiger partial charge in [-0.3, -0.25) is 4.79 Å². The molecule has 0 saturated heterocycles. The molecule has 2 nitrogen and oxygen atoms in total. The molecular formula is C17H29NO. The fourth-order valence-corrected chi connectivity index (χ4v) is 3.84. The third kappa shape index (κ3) is 3.61. The molecule has 0 bridgehead atoms. The Hall–Kier alpha value is -0.790. The van der Waals surface area contributed by atoms with Crippen LogP contribution < -0.4 is 0 Å². The molecule has 0 aromatic heterocycles. The second kappa shape index (κ2) is 6.11. The number of rotatable bonds is 5. The summed E-state index contributed by atoms with van der Waals surface area (Å²) in [5.74, 6) is 3.59. The van der Waals surface area contributed by atoms with Gasteiger partial charge in [-0.25, -0.2) is 0 Å². The normalized spacial score (nSPS) is 33.8. The summed E-state index contributed by atoms with van der Waals surface area (Å²) in [6.45, 7) is 10.5. The molecule has 0 spiro atoms. The lowest BCUT2D eigenvalue weighted by atomic mass is 9.78. The van der Waals surface area contributed by atoms with E-state index in [0.29, 0.717) is 0 Å². The van der Waals surface area contributed by atoms with E-state index in [9.17, 15) is 4.79 Å². The zero-order chi connectivity index (χ0) is 14.0. The van der Waals surface area contributed by atoms with Crippen LogP contribution in [-0.2, 0) is 4.79 Å². The second-order valence-electron chi connectivity index (χ2n) is 6.76. The minimum absolute atomic E-state index is 0.250. The minimum Gasteiger partial charge on any atom is -0.343 e. The Morgan fingerprint density at radius 3 is 2.74 bits per heavy atom. The van der Waals surface area contributed by atoms with Gasteiger partial charge < -0.3 is 4.90 Å². The minimum atomic E-state index is 0.250. The van der Waals surface area contributed by atoms with Crippen molar-refractivity contribution in [1.29, 1.82) is 0 Å². The third-order valence-electron chi connectivity index (χ3n) is 5.03. The third-order valence-corrected chi connectivity index (χ3v) is 5.03. The Kier molecular flexibility index (Phi) is 4.70. The van der Waals surface area contributed by atoms with Crippen LogP contribution in [0.15, 0.2) is 11.6 Å². The Bertz CT molecular complexity index is 360. The van der Waals surface area contributed by atoms with Crippen LogP contribution in [0.1, 0.15) is 53.4 Å². The lowest BCUT2D eigenvalue weighted by molar-refractivity contribution is -0.129. The molecule has 2 aliphatic rings. The van der Waals surface area contributed by atoms with Gasteiger partial charge in [0.1, 0.15) is 0 Å². The van der Waals surface area contributed by atoms with Crippen LogP contribution >= 0.6 is 0 Å². The molecule has 0 heterocycles. The highest BCUT2D eigenvalue weighted by atomic mass is 16.2. The van der Waals surface area contributed by atoms with Crippen LogP contribution in [0.2, 0.25) is 0 Å². The van der Waals surface area contributed by atoms with Crippen LogP contribution in [0.3, 0.4) is 0 Å². The molecule has 4 atom stereocenters. The topological polar surface area (TPSA) is 20.3 Å². The van der Waals surface area contributed by atoms with Gasteiger partial charge in [-0.2, -0.15) is 0 Å². The smallest absolute Gasteiger partial charge is 0.219 e. The lowest BCUT2D eigenvalue weighted by Gasteiger charge is -2.29. The SMILES string of the molecule is CCCN(CC1CC1C1CC=C(C)CC1C)C(C)=O. The standard InChI is InChI=1S/C17H29NO/c1-5-8-18(14(4)19)11-15-10-17(15)16-7-6-12(2)9-13(16)3/h6,13,15-17H,5,7-11H2,1-4H3. The Labute approximate surface area is 118 Å². The number of amides is 1. The van der Waals surface area contributed by atoms with Gasteiger partial charge in [0.2, 0.25) is 5.91 Å². The van der Waals surface area contributed by atoms with E-state index < -0.39 is 0 Å². The molecule has 2 heteroatoms. The van der Waals surface area contributed by atoms with Gasteiger partial charge in [0.15, 0.2) is 0 Å². The first kappa shape index (κ1) is 14.6. The van der Waals surface area contributed by atoms with E-state index in [4.69, 9.17) is 0 Å². The van der Waals surface area contributed by atoms with Crippen molar-refractivity contribution < 1.29 is 4.79 Å². The van der Waals surface area contributed by atoms with Gasteiger partial charge in [0, 0.05) is 20.0 Å². The zero-order valence-electron chi connectivity index (χ0n) is 13.0. The highest BCUT2D eigenvalue weighted by Crippen LogP contribution is 2.51. The summed E-state index contributed by atoms with van der Waals surface area (Å²) in [7, 11) is 0. The van der Waals surface area contributed by atoms with Crippen molar-refractivity contribution >= 4 is 5.91 Å². The van der Waals surface area contributed by atoms with Crippen molar-refractivity contribution in [2.45, 2.75) is 53.4 Å². The van der Waals surface area contributed by atoms with Crippen LogP contribution in [0.5, 0.6) is 0 Å². The molecule has 0 aromatic rings. The van der Waals surface area contributed by atoms with Crippen molar-refractivity contribution in [1.82, 2.24) is 4.90 Å². The summed E-state index contributed by atoms with van der Waals surface area (Å²) in [5.41, 5.74) is 1.57. The molecule has 2 aliphatic carbocycles. The van der Waals surface area contributed by atoms with Gasteiger partial charge >= 0.3 is 0 Å². The van der Waals surface area contributed by atoms with E-state index in [1.54, 1.807) is 12.5 Å². The van der Waals surface area contributed by atoms with E-state index in [2.05, 4.69) is 31.7 Å². The number of carbonyl (C=O) groups excluding carboxylic acids is 1. The van der Waals surface area contributed by atoms with Crippen molar-refractivity contribution in [3.8, 4) is 0 Å². The summed E-state index contributed by atoms with van der Waals surface area (Å²) >= 11 is 0. The van der Waals surface area contributed by atoms with Crippen molar-refractivity contribution in [3.63, 3.8) is 0 Å². The molecule has 0 radical (unpaired) electrons. The molecule has 0 N–H and O–H groups in total. The summed E-state index contributed by atoms with van der Waals surface area (Å²) in [6, 6.07) is 0. The van der Waals surface area contributed by atoms with E-state index in [1.165, 1.54) is 19.3 Å². The monoisotopic (exact) mass is 263 g/mol. The molecule has 1 amide bonds. The molecule has 19 heavy (non-hydrogen) atoms. The molecule has 0 aliphatic heterocycles. The van der Waals surface area contributed by atoms with Gasteiger partial charge in [-0.15, -0.1) is 0 Å². The molecule has 1 fully saturated rings. The molecular weight excluding hydrogens is 234 g/mol. The average Bonchev–Trinajstić information content (AvgIpc) is 3.07. The number of carbonyl (C=O) groups is 1. The Morgan fingerprint density at radius 1 is 1.42 bits per heavy atom. The van der Waals surface area contributed by atoms with E-state index in [0.717, 1.165) is 43.2 Å².